The largest absolute Gasteiger partial charge is 0.342 e. The highest BCUT2D eigenvalue weighted by Crippen LogP contribution is 2.23. The normalized spacial score (nSPS) is 21.1. The first-order valence-corrected chi connectivity index (χ1v) is 6.52. The Morgan fingerprint density at radius 2 is 2.06 bits per heavy atom. The maximum atomic E-state index is 11.9. The second-order valence-electron chi connectivity index (χ2n) is 5.49. The lowest BCUT2D eigenvalue weighted by Gasteiger charge is -2.18. The smallest absolute Gasteiger partial charge is 0.223 e. The molecule has 3 heteroatoms. The van der Waals surface area contributed by atoms with Gasteiger partial charge >= 0.3 is 0 Å². The molecule has 0 aliphatic carbocycles. The molecule has 0 radical (unpaired) electrons. The molecule has 1 fully saturated rings. The van der Waals surface area contributed by atoms with E-state index in [9.17, 15) is 4.79 Å². The topological polar surface area (TPSA) is 32.3 Å². The number of carbonyl (C=O) groups excluding carboxylic acids is 1. The fraction of sp³-hybridized carbons (Fsp3) is 0.923. The van der Waals surface area contributed by atoms with Crippen molar-refractivity contribution in [2.24, 2.45) is 11.8 Å². The minimum absolute atomic E-state index is 0.316. The van der Waals surface area contributed by atoms with Crippen LogP contribution in [-0.4, -0.2) is 36.5 Å². The first kappa shape index (κ1) is 13.5. The van der Waals surface area contributed by atoms with Crippen LogP contribution in [0.4, 0.5) is 0 Å². The van der Waals surface area contributed by atoms with E-state index >= 15 is 0 Å². The molecule has 1 rings (SSSR count). The van der Waals surface area contributed by atoms with Crippen molar-refractivity contribution in [2.75, 3.05) is 19.6 Å². The summed E-state index contributed by atoms with van der Waals surface area (Å²) in [5.74, 6) is 1.73. The van der Waals surface area contributed by atoms with Gasteiger partial charge in [-0.1, -0.05) is 27.7 Å². The van der Waals surface area contributed by atoms with Crippen molar-refractivity contribution in [3.8, 4) is 0 Å². The van der Waals surface area contributed by atoms with Crippen LogP contribution < -0.4 is 5.32 Å². The fourth-order valence-electron chi connectivity index (χ4n) is 2.18. The quantitative estimate of drug-likeness (QED) is 0.776. The van der Waals surface area contributed by atoms with Crippen molar-refractivity contribution in [1.82, 2.24) is 10.2 Å². The third kappa shape index (κ3) is 4.12. The molecule has 1 unspecified atom stereocenters. The lowest BCUT2D eigenvalue weighted by Crippen LogP contribution is -2.33. The summed E-state index contributed by atoms with van der Waals surface area (Å²) in [4.78, 5) is 13.9. The number of amides is 1. The third-order valence-corrected chi connectivity index (χ3v) is 3.41. The summed E-state index contributed by atoms with van der Waals surface area (Å²) in [6.07, 6.45) is 1.82. The van der Waals surface area contributed by atoms with E-state index in [-0.39, 0.29) is 0 Å². The number of nitrogens with one attached hydrogen (secondary N) is 1. The molecule has 1 atom stereocenters. The van der Waals surface area contributed by atoms with Gasteiger partial charge in [-0.25, -0.2) is 0 Å². The van der Waals surface area contributed by atoms with Gasteiger partial charge in [-0.2, -0.15) is 0 Å². The molecular weight excluding hydrogens is 200 g/mol. The van der Waals surface area contributed by atoms with Crippen molar-refractivity contribution in [1.29, 1.82) is 0 Å². The molecule has 1 aliphatic heterocycles. The van der Waals surface area contributed by atoms with Gasteiger partial charge in [0.2, 0.25) is 5.91 Å². The standard InChI is InChI=1S/C13H26N2O/c1-10(2)12-6-8-15(9-12)13(16)5-7-14-11(3)4/h10-12,14H,5-9H2,1-4H3. The molecule has 0 aromatic carbocycles. The summed E-state index contributed by atoms with van der Waals surface area (Å²) in [6, 6.07) is 0.467. The van der Waals surface area contributed by atoms with Crippen LogP contribution in [0.15, 0.2) is 0 Å². The minimum atomic E-state index is 0.316. The lowest BCUT2D eigenvalue weighted by molar-refractivity contribution is -0.130. The van der Waals surface area contributed by atoms with E-state index in [0.29, 0.717) is 30.2 Å². The summed E-state index contributed by atoms with van der Waals surface area (Å²) in [7, 11) is 0. The highest BCUT2D eigenvalue weighted by Gasteiger charge is 2.27. The third-order valence-electron chi connectivity index (χ3n) is 3.41. The van der Waals surface area contributed by atoms with E-state index in [1.165, 1.54) is 6.42 Å². The van der Waals surface area contributed by atoms with Gasteiger partial charge in [-0.15, -0.1) is 0 Å². The van der Waals surface area contributed by atoms with Crippen molar-refractivity contribution in [2.45, 2.75) is 46.6 Å². The Morgan fingerprint density at radius 1 is 1.38 bits per heavy atom. The zero-order valence-corrected chi connectivity index (χ0v) is 11.1. The van der Waals surface area contributed by atoms with Crippen LogP contribution in [-0.2, 0) is 4.79 Å². The Hall–Kier alpha value is -0.570. The Bertz CT molecular complexity index is 226. The molecular formula is C13H26N2O. The van der Waals surface area contributed by atoms with Crippen LogP contribution in [0.5, 0.6) is 0 Å². The molecule has 1 heterocycles. The summed E-state index contributed by atoms with van der Waals surface area (Å²) in [5.41, 5.74) is 0. The average molecular weight is 226 g/mol. The van der Waals surface area contributed by atoms with Gasteiger partial charge in [0, 0.05) is 32.1 Å². The lowest BCUT2D eigenvalue weighted by atomic mass is 9.95. The maximum Gasteiger partial charge on any atom is 0.223 e. The molecule has 0 saturated carbocycles. The predicted molar refractivity (Wildman–Crippen MR) is 67.3 cm³/mol. The molecule has 0 spiro atoms. The maximum absolute atomic E-state index is 11.9. The zero-order chi connectivity index (χ0) is 12.1. The number of likely N-dealkylation sites (tertiary alicyclic amines) is 1. The van der Waals surface area contributed by atoms with Crippen LogP contribution >= 0.6 is 0 Å². The molecule has 1 N–H and O–H groups in total. The highest BCUT2D eigenvalue weighted by molar-refractivity contribution is 5.76. The second kappa shape index (κ2) is 6.24. The van der Waals surface area contributed by atoms with Gasteiger partial charge < -0.3 is 10.2 Å². The van der Waals surface area contributed by atoms with Crippen molar-refractivity contribution in [3.05, 3.63) is 0 Å². The molecule has 0 aromatic rings. The first-order chi connectivity index (χ1) is 7.50. The first-order valence-electron chi connectivity index (χ1n) is 6.52. The highest BCUT2D eigenvalue weighted by atomic mass is 16.2. The number of nitrogens with zero attached hydrogens (tertiary/aromatic N) is 1. The van der Waals surface area contributed by atoms with Crippen molar-refractivity contribution < 1.29 is 4.79 Å². The van der Waals surface area contributed by atoms with E-state index in [1.807, 2.05) is 4.90 Å². The summed E-state index contributed by atoms with van der Waals surface area (Å²) in [5, 5.41) is 3.29. The Kier molecular flexibility index (Phi) is 5.26. The Balaban J connectivity index is 2.23. The predicted octanol–water partition coefficient (Wildman–Crippen LogP) is 1.88. The Labute approximate surface area is 99.6 Å². The number of hydrogen-bond donors (Lipinski definition) is 1. The van der Waals surface area contributed by atoms with Gasteiger partial charge in [0.05, 0.1) is 0 Å². The van der Waals surface area contributed by atoms with E-state index in [0.717, 1.165) is 19.6 Å². The fourth-order valence-corrected chi connectivity index (χ4v) is 2.18. The zero-order valence-electron chi connectivity index (χ0n) is 11.1. The SMILES string of the molecule is CC(C)NCCC(=O)N1CCC(C(C)C)C1. The molecule has 1 aliphatic rings. The summed E-state index contributed by atoms with van der Waals surface area (Å²) < 4.78 is 0. The van der Waals surface area contributed by atoms with Gasteiger partial charge in [-0.3, -0.25) is 4.79 Å². The molecule has 16 heavy (non-hydrogen) atoms. The molecule has 1 saturated heterocycles. The number of hydrogen-bond acceptors (Lipinski definition) is 2. The van der Waals surface area contributed by atoms with Crippen LogP contribution in [0, 0.1) is 11.8 Å². The molecule has 3 nitrogen and oxygen atoms in total. The second-order valence-corrected chi connectivity index (χ2v) is 5.49. The van der Waals surface area contributed by atoms with Gasteiger partial charge in [0.1, 0.15) is 0 Å². The van der Waals surface area contributed by atoms with Gasteiger partial charge in [0.25, 0.3) is 0 Å². The van der Waals surface area contributed by atoms with Gasteiger partial charge in [-0.05, 0) is 18.3 Å². The van der Waals surface area contributed by atoms with Crippen LogP contribution in [0.1, 0.15) is 40.5 Å². The molecule has 0 bridgehead atoms. The van der Waals surface area contributed by atoms with Gasteiger partial charge in [0.15, 0.2) is 0 Å². The molecule has 94 valence electrons. The van der Waals surface area contributed by atoms with Crippen molar-refractivity contribution in [3.63, 3.8) is 0 Å². The molecule has 1 amide bonds. The van der Waals surface area contributed by atoms with Crippen LogP contribution in [0.25, 0.3) is 0 Å². The Morgan fingerprint density at radius 3 is 2.56 bits per heavy atom. The summed E-state index contributed by atoms with van der Waals surface area (Å²) in [6.45, 7) is 11.4. The van der Waals surface area contributed by atoms with E-state index in [4.69, 9.17) is 0 Å². The monoisotopic (exact) mass is 226 g/mol. The van der Waals surface area contributed by atoms with Crippen LogP contribution in [0.2, 0.25) is 0 Å². The van der Waals surface area contributed by atoms with E-state index in [2.05, 4.69) is 33.0 Å². The van der Waals surface area contributed by atoms with E-state index < -0.39 is 0 Å². The average Bonchev–Trinajstić information content (AvgIpc) is 2.65. The van der Waals surface area contributed by atoms with Crippen LogP contribution in [0.3, 0.4) is 0 Å². The summed E-state index contributed by atoms with van der Waals surface area (Å²) >= 11 is 0. The minimum Gasteiger partial charge on any atom is -0.342 e. The van der Waals surface area contributed by atoms with Crippen molar-refractivity contribution >= 4 is 5.91 Å². The molecule has 0 aromatic heterocycles. The number of carbonyl (C=O) groups is 1. The number of rotatable bonds is 5. The van der Waals surface area contributed by atoms with E-state index in [1.54, 1.807) is 0 Å².